The van der Waals surface area contributed by atoms with E-state index in [1.165, 1.54) is 37.9 Å². The van der Waals surface area contributed by atoms with Crippen LogP contribution < -0.4 is 10.1 Å². The first-order valence-corrected chi connectivity index (χ1v) is 6.83. The molecule has 0 radical (unpaired) electrons. The molecule has 1 aromatic heterocycles. The van der Waals surface area contributed by atoms with E-state index in [-0.39, 0.29) is 0 Å². The van der Waals surface area contributed by atoms with Crippen molar-refractivity contribution in [2.45, 2.75) is 25.8 Å². The standard InChI is InChI=1S/C14H23N3O/c1-15-11-13-5-6-14(16-12-13)18-10-9-17-7-3-2-4-8-17/h5-6,12,15H,2-4,7-11H2,1H3. The summed E-state index contributed by atoms with van der Waals surface area (Å²) in [5.74, 6) is 0.729. The number of rotatable bonds is 6. The molecule has 1 N–H and O–H groups in total. The van der Waals surface area contributed by atoms with Crippen molar-refractivity contribution in [3.63, 3.8) is 0 Å². The fourth-order valence-corrected chi connectivity index (χ4v) is 2.27. The second-order valence-corrected chi connectivity index (χ2v) is 4.79. The summed E-state index contributed by atoms with van der Waals surface area (Å²) in [6.07, 6.45) is 5.91. The monoisotopic (exact) mass is 249 g/mol. The molecular formula is C14H23N3O. The average Bonchev–Trinajstić information content (AvgIpc) is 2.42. The van der Waals surface area contributed by atoms with Gasteiger partial charge in [-0.1, -0.05) is 12.5 Å². The Bertz CT molecular complexity index is 333. The first-order chi connectivity index (χ1) is 8.88. The van der Waals surface area contributed by atoms with Gasteiger partial charge in [0.2, 0.25) is 5.88 Å². The third-order valence-electron chi connectivity index (χ3n) is 3.28. The van der Waals surface area contributed by atoms with Crippen molar-refractivity contribution in [2.24, 2.45) is 0 Å². The van der Waals surface area contributed by atoms with Gasteiger partial charge in [0.25, 0.3) is 0 Å². The van der Waals surface area contributed by atoms with E-state index in [4.69, 9.17) is 4.74 Å². The molecule has 2 heterocycles. The number of piperidine rings is 1. The highest BCUT2D eigenvalue weighted by Crippen LogP contribution is 2.10. The molecule has 4 heteroatoms. The van der Waals surface area contributed by atoms with Crippen molar-refractivity contribution < 1.29 is 4.74 Å². The van der Waals surface area contributed by atoms with Gasteiger partial charge in [-0.3, -0.25) is 4.90 Å². The number of aromatic nitrogens is 1. The van der Waals surface area contributed by atoms with Gasteiger partial charge in [-0.15, -0.1) is 0 Å². The second kappa shape index (κ2) is 7.34. The second-order valence-electron chi connectivity index (χ2n) is 4.79. The van der Waals surface area contributed by atoms with Crippen LogP contribution in [-0.4, -0.2) is 43.2 Å². The topological polar surface area (TPSA) is 37.4 Å². The molecule has 1 aromatic rings. The molecule has 100 valence electrons. The van der Waals surface area contributed by atoms with E-state index in [0.29, 0.717) is 0 Å². The van der Waals surface area contributed by atoms with E-state index < -0.39 is 0 Å². The molecule has 2 rings (SSSR count). The Kier molecular flexibility index (Phi) is 5.42. The maximum Gasteiger partial charge on any atom is 0.213 e. The lowest BCUT2D eigenvalue weighted by atomic mass is 10.1. The smallest absolute Gasteiger partial charge is 0.213 e. The lowest BCUT2D eigenvalue weighted by molar-refractivity contribution is 0.180. The molecule has 1 aliphatic heterocycles. The molecule has 1 aliphatic rings. The first-order valence-electron chi connectivity index (χ1n) is 6.83. The van der Waals surface area contributed by atoms with Gasteiger partial charge >= 0.3 is 0 Å². The third kappa shape index (κ3) is 4.27. The van der Waals surface area contributed by atoms with Crippen LogP contribution in [0.2, 0.25) is 0 Å². The quantitative estimate of drug-likeness (QED) is 0.832. The summed E-state index contributed by atoms with van der Waals surface area (Å²) in [5.41, 5.74) is 1.18. The molecule has 4 nitrogen and oxygen atoms in total. The molecule has 0 spiro atoms. The molecule has 0 bridgehead atoms. The maximum atomic E-state index is 5.67. The summed E-state index contributed by atoms with van der Waals surface area (Å²) in [6, 6.07) is 4.00. The molecule has 0 saturated carbocycles. The summed E-state index contributed by atoms with van der Waals surface area (Å²) in [5, 5.41) is 3.10. The van der Waals surface area contributed by atoms with Crippen LogP contribution in [0.5, 0.6) is 5.88 Å². The van der Waals surface area contributed by atoms with Crippen LogP contribution in [0.4, 0.5) is 0 Å². The maximum absolute atomic E-state index is 5.67. The van der Waals surface area contributed by atoms with Crippen molar-refractivity contribution >= 4 is 0 Å². The third-order valence-corrected chi connectivity index (χ3v) is 3.28. The number of likely N-dealkylation sites (tertiary alicyclic amines) is 1. The van der Waals surface area contributed by atoms with E-state index in [1.54, 1.807) is 0 Å². The summed E-state index contributed by atoms with van der Waals surface area (Å²) >= 11 is 0. The Balaban J connectivity index is 1.69. The zero-order valence-electron chi connectivity index (χ0n) is 11.2. The summed E-state index contributed by atoms with van der Waals surface area (Å²) in [4.78, 5) is 6.77. The molecule has 18 heavy (non-hydrogen) atoms. The number of hydrogen-bond donors (Lipinski definition) is 1. The predicted molar refractivity (Wildman–Crippen MR) is 72.8 cm³/mol. The van der Waals surface area contributed by atoms with Crippen LogP contribution in [0.3, 0.4) is 0 Å². The highest BCUT2D eigenvalue weighted by molar-refractivity contribution is 5.17. The van der Waals surface area contributed by atoms with E-state index in [0.717, 1.165) is 25.6 Å². The predicted octanol–water partition coefficient (Wildman–Crippen LogP) is 1.67. The highest BCUT2D eigenvalue weighted by atomic mass is 16.5. The zero-order valence-corrected chi connectivity index (χ0v) is 11.2. The minimum absolute atomic E-state index is 0.729. The van der Waals surface area contributed by atoms with Crippen LogP contribution >= 0.6 is 0 Å². The summed E-state index contributed by atoms with van der Waals surface area (Å²) < 4.78 is 5.67. The van der Waals surface area contributed by atoms with Gasteiger partial charge in [0.1, 0.15) is 6.61 Å². The Labute approximate surface area is 109 Å². The van der Waals surface area contributed by atoms with Crippen LogP contribution in [0.15, 0.2) is 18.3 Å². The lowest BCUT2D eigenvalue weighted by Gasteiger charge is -2.26. The largest absolute Gasteiger partial charge is 0.476 e. The van der Waals surface area contributed by atoms with E-state index in [2.05, 4.69) is 21.3 Å². The van der Waals surface area contributed by atoms with Gasteiger partial charge < -0.3 is 10.1 Å². The molecule has 1 fully saturated rings. The molecule has 0 aliphatic carbocycles. The van der Waals surface area contributed by atoms with Crippen LogP contribution in [0, 0.1) is 0 Å². The fraction of sp³-hybridized carbons (Fsp3) is 0.643. The highest BCUT2D eigenvalue weighted by Gasteiger charge is 2.09. The first kappa shape index (κ1) is 13.3. The van der Waals surface area contributed by atoms with Crippen molar-refractivity contribution in [1.29, 1.82) is 0 Å². The van der Waals surface area contributed by atoms with Crippen molar-refractivity contribution in [2.75, 3.05) is 33.3 Å². The number of pyridine rings is 1. The minimum Gasteiger partial charge on any atom is -0.476 e. The van der Waals surface area contributed by atoms with Crippen LogP contribution in [0.1, 0.15) is 24.8 Å². The normalized spacial score (nSPS) is 16.7. The average molecular weight is 249 g/mol. The SMILES string of the molecule is CNCc1ccc(OCCN2CCCCC2)nc1. The number of hydrogen-bond acceptors (Lipinski definition) is 4. The molecule has 0 atom stereocenters. The number of ether oxygens (including phenoxy) is 1. The number of nitrogens with zero attached hydrogens (tertiary/aromatic N) is 2. The Morgan fingerprint density at radius 3 is 2.78 bits per heavy atom. The molecule has 0 unspecified atom stereocenters. The van der Waals surface area contributed by atoms with Gasteiger partial charge in [-0.25, -0.2) is 4.98 Å². The van der Waals surface area contributed by atoms with E-state index in [1.807, 2.05) is 19.3 Å². The van der Waals surface area contributed by atoms with Crippen LogP contribution in [0.25, 0.3) is 0 Å². The molecule has 1 saturated heterocycles. The number of nitrogens with one attached hydrogen (secondary N) is 1. The zero-order chi connectivity index (χ0) is 12.6. The lowest BCUT2D eigenvalue weighted by Crippen LogP contribution is -2.33. The molecule has 0 aromatic carbocycles. The summed E-state index contributed by atoms with van der Waals surface area (Å²) in [7, 11) is 1.93. The van der Waals surface area contributed by atoms with Gasteiger partial charge in [0, 0.05) is 25.4 Å². The van der Waals surface area contributed by atoms with Crippen molar-refractivity contribution in [3.8, 4) is 5.88 Å². The van der Waals surface area contributed by atoms with Gasteiger partial charge in [0.05, 0.1) is 0 Å². The molecular weight excluding hydrogens is 226 g/mol. The summed E-state index contributed by atoms with van der Waals surface area (Å²) in [6.45, 7) is 5.04. The Morgan fingerprint density at radius 1 is 1.28 bits per heavy atom. The van der Waals surface area contributed by atoms with Gasteiger partial charge in [-0.2, -0.15) is 0 Å². The molecule has 0 amide bonds. The Hall–Kier alpha value is -1.13. The van der Waals surface area contributed by atoms with E-state index >= 15 is 0 Å². The Morgan fingerprint density at radius 2 is 2.11 bits per heavy atom. The van der Waals surface area contributed by atoms with Gasteiger partial charge in [0.15, 0.2) is 0 Å². The van der Waals surface area contributed by atoms with Gasteiger partial charge in [-0.05, 0) is 38.5 Å². The van der Waals surface area contributed by atoms with Crippen LogP contribution in [-0.2, 0) is 6.54 Å². The van der Waals surface area contributed by atoms with Crippen molar-refractivity contribution in [3.05, 3.63) is 23.9 Å². The fourth-order valence-electron chi connectivity index (χ4n) is 2.27. The van der Waals surface area contributed by atoms with Crippen molar-refractivity contribution in [1.82, 2.24) is 15.2 Å². The van der Waals surface area contributed by atoms with E-state index in [9.17, 15) is 0 Å². The minimum atomic E-state index is 0.729.